The van der Waals surface area contributed by atoms with Gasteiger partial charge in [-0.15, -0.1) is 10.2 Å². The highest BCUT2D eigenvalue weighted by molar-refractivity contribution is 8.00. The van der Waals surface area contributed by atoms with Crippen LogP contribution in [-0.4, -0.2) is 32.8 Å². The van der Waals surface area contributed by atoms with Crippen LogP contribution >= 0.6 is 11.8 Å². The zero-order chi connectivity index (χ0) is 22.2. The minimum absolute atomic E-state index is 0.0836. The molecule has 1 aliphatic rings. The summed E-state index contributed by atoms with van der Waals surface area (Å²) >= 11 is 1.46. The Hall–Kier alpha value is -2.86. The van der Waals surface area contributed by atoms with Crippen LogP contribution in [0.15, 0.2) is 71.5 Å². The lowest BCUT2D eigenvalue weighted by molar-refractivity contribution is -0.114. The number of carbonyl (C=O) groups excluding carboxylic acids is 1. The molecule has 0 N–H and O–H groups in total. The molecule has 1 atom stereocenters. The number of thioether (sulfide) groups is 1. The number of aromatic nitrogens is 3. The van der Waals surface area contributed by atoms with E-state index >= 15 is 0 Å². The van der Waals surface area contributed by atoms with Crippen molar-refractivity contribution in [2.24, 2.45) is 7.05 Å². The van der Waals surface area contributed by atoms with Crippen LogP contribution in [0.5, 0.6) is 0 Å². The fourth-order valence-corrected chi connectivity index (χ4v) is 4.96. The summed E-state index contributed by atoms with van der Waals surface area (Å²) in [6.45, 7) is 6.28. The number of hydrogen-bond acceptors (Lipinski definition) is 5. The van der Waals surface area contributed by atoms with Gasteiger partial charge in [0.1, 0.15) is 5.82 Å². The molecule has 2 heterocycles. The quantitative estimate of drug-likeness (QED) is 0.415. The van der Waals surface area contributed by atoms with Crippen LogP contribution in [0.2, 0.25) is 0 Å². The maximum Gasteiger partial charge on any atom is 0.191 e. The Labute approximate surface area is 188 Å². The third-order valence-corrected chi connectivity index (χ3v) is 7.18. The lowest BCUT2D eigenvalue weighted by Gasteiger charge is -2.24. The standard InChI is InChI=1S/C25H28N4OS/c1-17(31-24-27-26-23(29(24)5)15-18-11-7-6-8-12-18)21(30)16-22-25(2,3)19-13-9-10-14-20(19)28(22)4/h6-14,16-17H,15H2,1-5H3/b22-16-. The lowest BCUT2D eigenvalue weighted by atomic mass is 9.83. The van der Waals surface area contributed by atoms with E-state index in [0.717, 1.165) is 22.4 Å². The number of nitrogens with zero attached hydrogens (tertiary/aromatic N) is 4. The van der Waals surface area contributed by atoms with Crippen molar-refractivity contribution >= 4 is 23.2 Å². The molecule has 1 aliphatic heterocycles. The molecule has 2 aromatic carbocycles. The third-order valence-electron chi connectivity index (χ3n) is 6.03. The zero-order valence-electron chi connectivity index (χ0n) is 18.7. The van der Waals surface area contributed by atoms with Gasteiger partial charge in [-0.3, -0.25) is 4.79 Å². The SMILES string of the molecule is CC(Sc1nnc(Cc2ccccc2)n1C)C(=O)/C=C1\N(C)c2ccccc2C1(C)C. The Morgan fingerprint density at radius 1 is 1.06 bits per heavy atom. The van der Waals surface area contributed by atoms with Crippen LogP contribution in [0, 0.1) is 0 Å². The van der Waals surface area contributed by atoms with Crippen molar-refractivity contribution in [2.45, 2.75) is 43.0 Å². The van der Waals surface area contributed by atoms with E-state index in [-0.39, 0.29) is 16.4 Å². The van der Waals surface area contributed by atoms with Crippen molar-refractivity contribution in [1.29, 1.82) is 0 Å². The number of anilines is 1. The number of allylic oxidation sites excluding steroid dienone is 2. The highest BCUT2D eigenvalue weighted by Gasteiger charge is 2.38. The molecule has 0 saturated carbocycles. The Morgan fingerprint density at radius 2 is 1.74 bits per heavy atom. The molecule has 3 aromatic rings. The molecule has 1 aromatic heterocycles. The number of rotatable bonds is 6. The van der Waals surface area contributed by atoms with Crippen molar-refractivity contribution < 1.29 is 4.79 Å². The van der Waals surface area contributed by atoms with Crippen molar-refractivity contribution in [3.8, 4) is 0 Å². The molecule has 160 valence electrons. The number of para-hydroxylation sites is 1. The molecule has 1 unspecified atom stereocenters. The van der Waals surface area contributed by atoms with Gasteiger partial charge in [-0.1, -0.05) is 74.1 Å². The van der Waals surface area contributed by atoms with Crippen LogP contribution < -0.4 is 4.90 Å². The minimum Gasteiger partial charge on any atom is -0.347 e. The molecule has 0 fully saturated rings. The Bertz CT molecular complexity index is 1130. The number of fused-ring (bicyclic) bond motifs is 1. The molecule has 0 saturated heterocycles. The van der Waals surface area contributed by atoms with E-state index in [1.54, 1.807) is 6.08 Å². The summed E-state index contributed by atoms with van der Waals surface area (Å²) in [5.74, 6) is 0.971. The van der Waals surface area contributed by atoms with Gasteiger partial charge in [0, 0.05) is 43.4 Å². The number of benzene rings is 2. The monoisotopic (exact) mass is 432 g/mol. The van der Waals surface area contributed by atoms with Crippen molar-refractivity contribution in [3.63, 3.8) is 0 Å². The second-order valence-corrected chi connectivity index (χ2v) is 9.82. The van der Waals surface area contributed by atoms with Gasteiger partial charge in [0.05, 0.1) is 5.25 Å². The minimum atomic E-state index is -0.257. The first-order valence-corrected chi connectivity index (χ1v) is 11.3. The number of ketones is 1. The second kappa shape index (κ2) is 8.35. The molecule has 31 heavy (non-hydrogen) atoms. The fourth-order valence-electron chi connectivity index (χ4n) is 4.11. The summed E-state index contributed by atoms with van der Waals surface area (Å²) < 4.78 is 1.98. The van der Waals surface area contributed by atoms with E-state index in [0.29, 0.717) is 6.42 Å². The lowest BCUT2D eigenvalue weighted by Crippen LogP contribution is -2.25. The zero-order valence-corrected chi connectivity index (χ0v) is 19.5. The molecule has 6 heteroatoms. The molecule has 0 bridgehead atoms. The van der Waals surface area contributed by atoms with Crippen LogP contribution in [-0.2, 0) is 23.7 Å². The Kier molecular flexibility index (Phi) is 5.75. The highest BCUT2D eigenvalue weighted by Crippen LogP contribution is 2.46. The molecular formula is C25H28N4OS. The smallest absolute Gasteiger partial charge is 0.191 e. The topological polar surface area (TPSA) is 51.0 Å². The van der Waals surface area contributed by atoms with Crippen molar-refractivity contribution in [3.05, 3.63) is 83.3 Å². The predicted octanol–water partition coefficient (Wildman–Crippen LogP) is 4.77. The summed E-state index contributed by atoms with van der Waals surface area (Å²) in [6.07, 6.45) is 2.52. The molecule has 0 aliphatic carbocycles. The van der Waals surface area contributed by atoms with E-state index < -0.39 is 0 Å². The first-order chi connectivity index (χ1) is 14.8. The van der Waals surface area contributed by atoms with Gasteiger partial charge in [0.2, 0.25) is 0 Å². The number of carbonyl (C=O) groups is 1. The van der Waals surface area contributed by atoms with Crippen LogP contribution in [0.25, 0.3) is 0 Å². The van der Waals surface area contributed by atoms with E-state index in [4.69, 9.17) is 0 Å². The van der Waals surface area contributed by atoms with Gasteiger partial charge in [-0.05, 0) is 24.1 Å². The molecule has 0 radical (unpaired) electrons. The largest absolute Gasteiger partial charge is 0.347 e. The highest BCUT2D eigenvalue weighted by atomic mass is 32.2. The van der Waals surface area contributed by atoms with E-state index in [1.165, 1.54) is 22.9 Å². The van der Waals surface area contributed by atoms with Gasteiger partial charge in [0.25, 0.3) is 0 Å². The predicted molar refractivity (Wildman–Crippen MR) is 127 cm³/mol. The fraction of sp³-hybridized carbons (Fsp3) is 0.320. The van der Waals surface area contributed by atoms with Gasteiger partial charge < -0.3 is 9.47 Å². The summed E-state index contributed by atoms with van der Waals surface area (Å²) in [4.78, 5) is 15.2. The van der Waals surface area contributed by atoms with Gasteiger partial charge in [0.15, 0.2) is 10.9 Å². The summed E-state index contributed by atoms with van der Waals surface area (Å²) in [6, 6.07) is 18.6. The Balaban J connectivity index is 1.50. The maximum atomic E-state index is 13.1. The van der Waals surface area contributed by atoms with Crippen LogP contribution in [0.4, 0.5) is 5.69 Å². The van der Waals surface area contributed by atoms with Crippen molar-refractivity contribution in [1.82, 2.24) is 14.8 Å². The summed E-state index contributed by atoms with van der Waals surface area (Å²) in [5, 5.41) is 9.18. The normalized spacial score (nSPS) is 17.1. The molecule has 0 amide bonds. The average Bonchev–Trinajstić information content (AvgIpc) is 3.19. The summed E-state index contributed by atoms with van der Waals surface area (Å²) in [5.41, 5.74) is 4.41. The number of hydrogen-bond donors (Lipinski definition) is 0. The molecular weight excluding hydrogens is 404 g/mol. The van der Waals surface area contributed by atoms with Gasteiger partial charge in [-0.25, -0.2) is 0 Å². The van der Waals surface area contributed by atoms with Gasteiger partial charge in [-0.2, -0.15) is 0 Å². The first kappa shape index (κ1) is 21.4. The molecule has 5 nitrogen and oxygen atoms in total. The first-order valence-electron chi connectivity index (χ1n) is 10.5. The van der Waals surface area contributed by atoms with E-state index in [1.807, 2.05) is 49.9 Å². The van der Waals surface area contributed by atoms with Crippen molar-refractivity contribution in [2.75, 3.05) is 11.9 Å². The van der Waals surface area contributed by atoms with E-state index in [2.05, 4.69) is 59.3 Å². The number of likely N-dealkylation sites (N-methyl/N-ethyl adjacent to an activating group) is 1. The maximum absolute atomic E-state index is 13.1. The molecule has 4 rings (SSSR count). The van der Waals surface area contributed by atoms with Gasteiger partial charge >= 0.3 is 0 Å². The van der Waals surface area contributed by atoms with Crippen LogP contribution in [0.1, 0.15) is 37.7 Å². The average molecular weight is 433 g/mol. The Morgan fingerprint density at radius 3 is 2.45 bits per heavy atom. The van der Waals surface area contributed by atoms with Crippen LogP contribution in [0.3, 0.4) is 0 Å². The van der Waals surface area contributed by atoms with E-state index in [9.17, 15) is 4.79 Å². The summed E-state index contributed by atoms with van der Waals surface area (Å²) in [7, 11) is 3.99. The second-order valence-electron chi connectivity index (χ2n) is 8.51. The molecule has 0 spiro atoms. The third kappa shape index (κ3) is 4.04.